The summed E-state index contributed by atoms with van der Waals surface area (Å²) in [6, 6.07) is 17.6. The van der Waals surface area contributed by atoms with Crippen molar-refractivity contribution >= 4 is 49.8 Å². The lowest BCUT2D eigenvalue weighted by molar-refractivity contribution is -0.132. The SMILES string of the molecule is COc1ccc(/C(O)=C2\C(=O)C(=O)N(c3nc4c(C)cc(C)cc4s3)C2c2ccc(N(C)C)cc2)cc1. The molecule has 4 aromatic rings. The van der Waals surface area contributed by atoms with E-state index in [1.165, 1.54) is 16.2 Å². The summed E-state index contributed by atoms with van der Waals surface area (Å²) >= 11 is 1.36. The third kappa shape index (κ3) is 4.23. The van der Waals surface area contributed by atoms with Crippen LogP contribution in [0.2, 0.25) is 0 Å². The fraction of sp³-hybridized carbons (Fsp3) is 0.207. The molecule has 1 aliphatic heterocycles. The number of carbonyl (C=O) groups is 2. The molecule has 8 heteroatoms. The van der Waals surface area contributed by atoms with Crippen molar-refractivity contribution < 1.29 is 19.4 Å². The molecule has 3 aromatic carbocycles. The number of carbonyl (C=O) groups excluding carboxylic acids is 2. The van der Waals surface area contributed by atoms with Crippen molar-refractivity contribution in [1.82, 2.24) is 4.98 Å². The van der Waals surface area contributed by atoms with E-state index in [-0.39, 0.29) is 11.3 Å². The molecule has 2 heterocycles. The Hall–Kier alpha value is -4.17. The highest BCUT2D eigenvalue weighted by Gasteiger charge is 2.48. The number of ether oxygens (including phenoxy) is 1. The summed E-state index contributed by atoms with van der Waals surface area (Å²) in [6.07, 6.45) is 0. The Morgan fingerprint density at radius 3 is 2.32 bits per heavy atom. The minimum atomic E-state index is -0.833. The number of hydrogen-bond acceptors (Lipinski definition) is 7. The van der Waals surface area contributed by atoms with E-state index in [0.29, 0.717) is 22.0 Å². The molecule has 1 aromatic heterocycles. The van der Waals surface area contributed by atoms with Crippen molar-refractivity contribution in [2.45, 2.75) is 19.9 Å². The Balaban J connectivity index is 1.71. The first-order chi connectivity index (χ1) is 17.7. The average Bonchev–Trinajstić information content (AvgIpc) is 3.42. The number of anilines is 2. The Morgan fingerprint density at radius 1 is 1.03 bits per heavy atom. The van der Waals surface area contributed by atoms with Gasteiger partial charge in [0.25, 0.3) is 5.78 Å². The van der Waals surface area contributed by atoms with Crippen molar-refractivity contribution in [3.8, 4) is 5.75 Å². The van der Waals surface area contributed by atoms with E-state index in [1.54, 1.807) is 31.4 Å². The van der Waals surface area contributed by atoms with E-state index >= 15 is 0 Å². The van der Waals surface area contributed by atoms with Crippen LogP contribution in [0.3, 0.4) is 0 Å². The number of thiazole rings is 1. The molecule has 0 radical (unpaired) electrons. The molecule has 0 bridgehead atoms. The maximum atomic E-state index is 13.5. The van der Waals surface area contributed by atoms with Gasteiger partial charge in [0.1, 0.15) is 11.5 Å². The number of aromatic nitrogens is 1. The van der Waals surface area contributed by atoms with Gasteiger partial charge in [0.2, 0.25) is 0 Å². The predicted molar refractivity (Wildman–Crippen MR) is 148 cm³/mol. The van der Waals surface area contributed by atoms with E-state index < -0.39 is 17.7 Å². The van der Waals surface area contributed by atoms with Gasteiger partial charge in [0, 0.05) is 25.3 Å². The number of aliphatic hydroxyl groups excluding tert-OH is 1. The van der Waals surface area contributed by atoms with Crippen LogP contribution < -0.4 is 14.5 Å². The molecule has 7 nitrogen and oxygen atoms in total. The molecule has 5 rings (SSSR count). The van der Waals surface area contributed by atoms with Crippen molar-refractivity contribution in [2.24, 2.45) is 0 Å². The molecule has 1 atom stereocenters. The third-order valence-corrected chi connectivity index (χ3v) is 7.56. The maximum absolute atomic E-state index is 13.5. The number of methoxy groups -OCH3 is 1. The Morgan fingerprint density at radius 2 is 1.70 bits per heavy atom. The molecule has 0 aliphatic carbocycles. The highest BCUT2D eigenvalue weighted by atomic mass is 32.1. The van der Waals surface area contributed by atoms with E-state index in [1.807, 2.05) is 69.2 Å². The Bertz CT molecular complexity index is 1550. The summed E-state index contributed by atoms with van der Waals surface area (Å²) < 4.78 is 6.15. The summed E-state index contributed by atoms with van der Waals surface area (Å²) in [5, 5.41) is 11.8. The van der Waals surface area contributed by atoms with Gasteiger partial charge in [-0.1, -0.05) is 29.5 Å². The molecule has 1 amide bonds. The number of hydrogen-bond donors (Lipinski definition) is 1. The van der Waals surface area contributed by atoms with E-state index in [4.69, 9.17) is 9.72 Å². The number of amides is 1. The molecular weight excluding hydrogens is 486 g/mol. The number of rotatable bonds is 5. The van der Waals surface area contributed by atoms with Gasteiger partial charge in [0.15, 0.2) is 5.13 Å². The minimum absolute atomic E-state index is 0.0277. The number of fused-ring (bicyclic) bond motifs is 1. The van der Waals surface area contributed by atoms with Crippen LogP contribution in [0, 0.1) is 13.8 Å². The zero-order chi connectivity index (χ0) is 26.4. The summed E-state index contributed by atoms with van der Waals surface area (Å²) in [6.45, 7) is 3.99. The molecule has 1 fully saturated rings. The van der Waals surface area contributed by atoms with Gasteiger partial charge in [-0.3, -0.25) is 14.5 Å². The van der Waals surface area contributed by atoms with Gasteiger partial charge in [-0.15, -0.1) is 0 Å². The second-order valence-electron chi connectivity index (χ2n) is 9.31. The lowest BCUT2D eigenvalue weighted by atomic mass is 9.95. The average molecular weight is 514 g/mol. The van der Waals surface area contributed by atoms with Crippen LogP contribution in [-0.4, -0.2) is 43.0 Å². The highest BCUT2D eigenvalue weighted by Crippen LogP contribution is 2.45. The lowest BCUT2D eigenvalue weighted by Crippen LogP contribution is -2.29. The topological polar surface area (TPSA) is 83.0 Å². The predicted octanol–water partition coefficient (Wildman–Crippen LogP) is 5.61. The molecule has 1 N–H and O–H groups in total. The molecule has 0 saturated carbocycles. The number of ketones is 1. The number of Topliss-reactive ketones (excluding diaryl/α,β-unsaturated/α-hetero) is 1. The van der Waals surface area contributed by atoms with Gasteiger partial charge in [0.05, 0.1) is 28.9 Å². The summed E-state index contributed by atoms with van der Waals surface area (Å²) in [7, 11) is 5.44. The molecule has 1 unspecified atom stereocenters. The van der Waals surface area contributed by atoms with Crippen LogP contribution in [0.15, 0.2) is 66.2 Å². The van der Waals surface area contributed by atoms with Crippen molar-refractivity contribution in [1.29, 1.82) is 0 Å². The van der Waals surface area contributed by atoms with Crippen LogP contribution >= 0.6 is 11.3 Å². The first-order valence-electron chi connectivity index (χ1n) is 11.8. The van der Waals surface area contributed by atoms with Crippen molar-refractivity contribution in [2.75, 3.05) is 31.0 Å². The van der Waals surface area contributed by atoms with Crippen LogP contribution in [0.1, 0.15) is 28.3 Å². The minimum Gasteiger partial charge on any atom is -0.507 e. The molecule has 0 spiro atoms. The lowest BCUT2D eigenvalue weighted by Gasteiger charge is -2.23. The number of benzene rings is 3. The van der Waals surface area contributed by atoms with Gasteiger partial charge < -0.3 is 14.7 Å². The van der Waals surface area contributed by atoms with Crippen LogP contribution in [-0.2, 0) is 9.59 Å². The van der Waals surface area contributed by atoms with Crippen LogP contribution in [0.4, 0.5) is 10.8 Å². The maximum Gasteiger partial charge on any atom is 0.301 e. The number of aryl methyl sites for hydroxylation is 2. The van der Waals surface area contributed by atoms with E-state index in [9.17, 15) is 14.7 Å². The normalized spacial score (nSPS) is 17.0. The largest absolute Gasteiger partial charge is 0.507 e. The molecule has 188 valence electrons. The summed E-state index contributed by atoms with van der Waals surface area (Å²) in [5.41, 5.74) is 5.01. The third-order valence-electron chi connectivity index (χ3n) is 6.56. The van der Waals surface area contributed by atoms with Gasteiger partial charge in [-0.05, 0) is 73.0 Å². The van der Waals surface area contributed by atoms with Crippen molar-refractivity contribution in [3.63, 3.8) is 0 Å². The van der Waals surface area contributed by atoms with Crippen LogP contribution in [0.25, 0.3) is 16.0 Å². The van der Waals surface area contributed by atoms with E-state index in [0.717, 1.165) is 27.0 Å². The smallest absolute Gasteiger partial charge is 0.301 e. The fourth-order valence-electron chi connectivity index (χ4n) is 4.67. The van der Waals surface area contributed by atoms with Gasteiger partial charge in [-0.25, -0.2) is 4.98 Å². The first-order valence-corrected chi connectivity index (χ1v) is 12.6. The molecule has 1 saturated heterocycles. The Kier molecular flexibility index (Phi) is 6.21. The summed E-state index contributed by atoms with van der Waals surface area (Å²) in [4.78, 5) is 35.1. The zero-order valence-corrected chi connectivity index (χ0v) is 22.1. The summed E-state index contributed by atoms with van der Waals surface area (Å²) in [5.74, 6) is -1.08. The molecule has 1 aliphatic rings. The first kappa shape index (κ1) is 24.5. The van der Waals surface area contributed by atoms with Gasteiger partial charge >= 0.3 is 5.91 Å². The van der Waals surface area contributed by atoms with E-state index in [2.05, 4.69) is 0 Å². The monoisotopic (exact) mass is 513 g/mol. The zero-order valence-electron chi connectivity index (χ0n) is 21.3. The fourth-order valence-corrected chi connectivity index (χ4v) is 5.83. The molecule has 37 heavy (non-hydrogen) atoms. The van der Waals surface area contributed by atoms with Gasteiger partial charge in [-0.2, -0.15) is 0 Å². The van der Waals surface area contributed by atoms with Crippen LogP contribution in [0.5, 0.6) is 5.75 Å². The van der Waals surface area contributed by atoms with Crippen molar-refractivity contribution in [3.05, 3.63) is 88.5 Å². The Labute approximate surface area is 219 Å². The second kappa shape index (κ2) is 9.37. The standard InChI is InChI=1S/C29H27N3O4S/c1-16-14-17(2)24-22(15-16)37-29(30-24)32-25(18-6-10-20(11-7-18)31(3)4)23(27(34)28(32)35)26(33)19-8-12-21(36-5)13-9-19/h6-15,25,33H,1-5H3/b26-23+. The highest BCUT2D eigenvalue weighted by molar-refractivity contribution is 7.22. The number of aliphatic hydroxyl groups is 1. The quantitative estimate of drug-likeness (QED) is 0.212. The molecular formula is C29H27N3O4S. The number of nitrogens with zero attached hydrogens (tertiary/aromatic N) is 3. The second-order valence-corrected chi connectivity index (χ2v) is 10.3.